The van der Waals surface area contributed by atoms with Crippen LogP contribution in [0.2, 0.25) is 0 Å². The van der Waals surface area contributed by atoms with Gasteiger partial charge in [0.15, 0.2) is 6.20 Å². The first kappa shape index (κ1) is 17.9. The van der Waals surface area contributed by atoms with E-state index in [1.807, 2.05) is 25.3 Å². The summed E-state index contributed by atoms with van der Waals surface area (Å²) in [5.41, 5.74) is 8.27. The Bertz CT molecular complexity index is 1180. The molecule has 0 fully saturated rings. The molecule has 1 aromatic heterocycles. The van der Waals surface area contributed by atoms with E-state index in [0.717, 1.165) is 11.3 Å². The quantitative estimate of drug-likeness (QED) is 0.351. The fraction of sp³-hybridized carbons (Fsp3) is 0.0741. The molecule has 1 nitrogen and oxygen atoms in total. The third kappa shape index (κ3) is 3.27. The first-order valence-electron chi connectivity index (χ1n) is 9.61. The highest BCUT2D eigenvalue weighted by Gasteiger charge is 2.15. The van der Waals surface area contributed by atoms with Crippen molar-refractivity contribution in [2.75, 3.05) is 0 Å². The molecular formula is C27H24N+. The molecule has 0 aliphatic carbocycles. The van der Waals surface area contributed by atoms with E-state index in [1.165, 1.54) is 38.6 Å². The maximum absolute atomic E-state index is 4.21. The number of aromatic amines is 1. The lowest BCUT2D eigenvalue weighted by molar-refractivity contribution is -0.362. The summed E-state index contributed by atoms with van der Waals surface area (Å²) < 4.78 is 0. The highest BCUT2D eigenvalue weighted by Crippen LogP contribution is 2.32. The van der Waals surface area contributed by atoms with Crippen molar-refractivity contribution in [1.82, 2.24) is 0 Å². The fourth-order valence-corrected chi connectivity index (χ4v) is 3.81. The number of hydrogen-bond donors (Lipinski definition) is 0. The van der Waals surface area contributed by atoms with Crippen LogP contribution in [0.1, 0.15) is 18.1 Å². The van der Waals surface area contributed by atoms with Crippen LogP contribution in [0, 0.1) is 6.92 Å². The van der Waals surface area contributed by atoms with Crippen molar-refractivity contribution in [2.24, 2.45) is 0 Å². The Labute approximate surface area is 166 Å². The number of aromatic nitrogens is 1. The Morgan fingerprint density at radius 3 is 2.36 bits per heavy atom. The first-order chi connectivity index (χ1) is 13.7. The average molecular weight is 362 g/mol. The Morgan fingerprint density at radius 2 is 1.57 bits per heavy atom. The van der Waals surface area contributed by atoms with Crippen LogP contribution in [0.4, 0.5) is 0 Å². The molecule has 136 valence electrons. The highest BCUT2D eigenvalue weighted by molar-refractivity contribution is 5.98. The van der Waals surface area contributed by atoms with Gasteiger partial charge in [-0.25, -0.2) is 4.98 Å². The first-order valence-corrected chi connectivity index (χ1v) is 9.61. The van der Waals surface area contributed by atoms with E-state index in [2.05, 4.69) is 91.3 Å². The SMILES string of the molecule is C=C(/C=C\C)c1ccc2c(-c3cccc(-c4ccccc4)c3)[nH+]ccc2c1C. The lowest BCUT2D eigenvalue weighted by Gasteiger charge is -2.10. The molecule has 3 aromatic carbocycles. The van der Waals surface area contributed by atoms with Crippen molar-refractivity contribution in [3.05, 3.63) is 109 Å². The standard InChI is InChI=1S/C27H23N/c1-4-9-19(2)24-14-15-26-25(20(24)3)16-17-28-27(26)23-13-8-12-22(18-23)21-10-6-5-7-11-21/h4-18H,2H2,1,3H3/p+1/b9-4-. The summed E-state index contributed by atoms with van der Waals surface area (Å²) in [6, 6.07) is 25.7. The fourth-order valence-electron chi connectivity index (χ4n) is 3.81. The minimum absolute atomic E-state index is 1.04. The van der Waals surface area contributed by atoms with Crippen LogP contribution in [-0.4, -0.2) is 0 Å². The van der Waals surface area contributed by atoms with Crippen LogP contribution in [0.3, 0.4) is 0 Å². The molecule has 0 aliphatic rings. The van der Waals surface area contributed by atoms with Crippen LogP contribution < -0.4 is 4.98 Å². The number of benzene rings is 3. The predicted molar refractivity (Wildman–Crippen MR) is 120 cm³/mol. The van der Waals surface area contributed by atoms with Gasteiger partial charge in [-0.05, 0) is 65.3 Å². The predicted octanol–water partition coefficient (Wildman–Crippen LogP) is 6.89. The maximum Gasteiger partial charge on any atom is 0.218 e. The molecule has 0 unspecified atom stereocenters. The number of nitrogens with one attached hydrogen (secondary N) is 1. The number of allylic oxidation sites excluding steroid dienone is 3. The van der Waals surface area contributed by atoms with E-state index in [-0.39, 0.29) is 0 Å². The maximum atomic E-state index is 4.21. The van der Waals surface area contributed by atoms with Gasteiger partial charge >= 0.3 is 0 Å². The molecule has 0 aliphatic heterocycles. The van der Waals surface area contributed by atoms with Crippen molar-refractivity contribution in [2.45, 2.75) is 13.8 Å². The van der Waals surface area contributed by atoms with E-state index in [9.17, 15) is 0 Å². The van der Waals surface area contributed by atoms with Crippen LogP contribution in [0.15, 0.2) is 97.7 Å². The van der Waals surface area contributed by atoms with Crippen molar-refractivity contribution in [3.63, 3.8) is 0 Å². The zero-order valence-corrected chi connectivity index (χ0v) is 16.4. The number of pyridine rings is 1. The van der Waals surface area contributed by atoms with Crippen molar-refractivity contribution in [3.8, 4) is 22.4 Å². The van der Waals surface area contributed by atoms with E-state index in [1.54, 1.807) is 0 Å². The smallest absolute Gasteiger partial charge is 0.211 e. The number of aryl methyl sites for hydroxylation is 1. The van der Waals surface area contributed by atoms with Gasteiger partial charge in [0.25, 0.3) is 0 Å². The second-order valence-corrected chi connectivity index (χ2v) is 7.02. The Morgan fingerprint density at radius 1 is 0.821 bits per heavy atom. The molecule has 0 bridgehead atoms. The van der Waals surface area contributed by atoms with E-state index in [4.69, 9.17) is 0 Å². The number of hydrogen-bond acceptors (Lipinski definition) is 0. The molecule has 0 amide bonds. The van der Waals surface area contributed by atoms with Gasteiger partial charge in [0.05, 0.1) is 5.39 Å². The minimum atomic E-state index is 1.04. The minimum Gasteiger partial charge on any atom is -0.211 e. The Kier molecular flexibility index (Phi) is 4.90. The normalized spacial score (nSPS) is 11.2. The molecule has 0 atom stereocenters. The molecule has 0 saturated heterocycles. The van der Waals surface area contributed by atoms with E-state index >= 15 is 0 Å². The zero-order valence-electron chi connectivity index (χ0n) is 16.4. The number of rotatable bonds is 4. The average Bonchev–Trinajstić information content (AvgIpc) is 2.74. The molecule has 1 heteroatoms. The van der Waals surface area contributed by atoms with Crippen molar-refractivity contribution < 1.29 is 4.98 Å². The van der Waals surface area contributed by atoms with Gasteiger partial charge in [-0.1, -0.05) is 67.3 Å². The lowest BCUT2D eigenvalue weighted by atomic mass is 9.93. The molecule has 0 saturated carbocycles. The third-order valence-corrected chi connectivity index (χ3v) is 5.23. The largest absolute Gasteiger partial charge is 0.218 e. The molecular weight excluding hydrogens is 338 g/mol. The summed E-state index contributed by atoms with van der Waals surface area (Å²) in [6.45, 7) is 8.41. The van der Waals surface area contributed by atoms with Crippen molar-refractivity contribution >= 4 is 16.3 Å². The van der Waals surface area contributed by atoms with Crippen molar-refractivity contribution in [1.29, 1.82) is 0 Å². The summed E-state index contributed by atoms with van der Waals surface area (Å²) in [4.78, 5) is 3.47. The summed E-state index contributed by atoms with van der Waals surface area (Å²) >= 11 is 0. The summed E-state index contributed by atoms with van der Waals surface area (Å²) in [5, 5.41) is 2.48. The number of fused-ring (bicyclic) bond motifs is 1. The Balaban J connectivity index is 1.86. The second-order valence-electron chi connectivity index (χ2n) is 7.02. The lowest BCUT2D eigenvalue weighted by Crippen LogP contribution is -2.07. The van der Waals surface area contributed by atoms with Gasteiger partial charge in [0.2, 0.25) is 5.69 Å². The van der Waals surface area contributed by atoms with E-state index in [0.29, 0.717) is 0 Å². The summed E-state index contributed by atoms with van der Waals surface area (Å²) in [7, 11) is 0. The monoisotopic (exact) mass is 362 g/mol. The highest BCUT2D eigenvalue weighted by atomic mass is 14.7. The van der Waals surface area contributed by atoms with Crippen LogP contribution >= 0.6 is 0 Å². The molecule has 4 aromatic rings. The summed E-state index contributed by atoms with van der Waals surface area (Å²) in [6.07, 6.45) is 6.13. The third-order valence-electron chi connectivity index (χ3n) is 5.23. The molecule has 1 heterocycles. The van der Waals surface area contributed by atoms with Crippen LogP contribution in [0.25, 0.3) is 38.7 Å². The van der Waals surface area contributed by atoms with E-state index < -0.39 is 0 Å². The van der Waals surface area contributed by atoms with Gasteiger partial charge in [0, 0.05) is 11.6 Å². The van der Waals surface area contributed by atoms with Gasteiger partial charge in [-0.15, -0.1) is 0 Å². The van der Waals surface area contributed by atoms with Gasteiger partial charge in [-0.2, -0.15) is 0 Å². The number of H-pyrrole nitrogens is 1. The van der Waals surface area contributed by atoms with Gasteiger partial charge < -0.3 is 0 Å². The van der Waals surface area contributed by atoms with Crippen LogP contribution in [0.5, 0.6) is 0 Å². The van der Waals surface area contributed by atoms with Gasteiger partial charge in [0.1, 0.15) is 0 Å². The topological polar surface area (TPSA) is 14.1 Å². The molecule has 4 rings (SSSR count). The zero-order chi connectivity index (χ0) is 19.5. The summed E-state index contributed by atoms with van der Waals surface area (Å²) in [5.74, 6) is 0. The second kappa shape index (κ2) is 7.66. The van der Waals surface area contributed by atoms with Gasteiger partial charge in [-0.3, -0.25) is 0 Å². The Hall–Kier alpha value is -3.45. The molecule has 28 heavy (non-hydrogen) atoms. The van der Waals surface area contributed by atoms with Crippen LogP contribution in [-0.2, 0) is 0 Å². The molecule has 0 radical (unpaired) electrons. The molecule has 1 N–H and O–H groups in total. The molecule has 0 spiro atoms.